The molecule has 104 valence electrons. The molecule has 0 saturated carbocycles. The topological polar surface area (TPSA) is 71.1 Å². The van der Waals surface area contributed by atoms with E-state index in [1.807, 2.05) is 24.3 Å². The molecule has 0 bridgehead atoms. The summed E-state index contributed by atoms with van der Waals surface area (Å²) in [6, 6.07) is 7.70. The second kappa shape index (κ2) is 6.43. The summed E-state index contributed by atoms with van der Waals surface area (Å²) in [5.41, 5.74) is 7.47. The Kier molecular flexibility index (Phi) is 4.63. The van der Waals surface area contributed by atoms with Crippen LogP contribution in [-0.2, 0) is 4.74 Å². The Bertz CT molecular complexity index is 442. The van der Waals surface area contributed by atoms with Gasteiger partial charge in [0, 0.05) is 30.9 Å². The lowest BCUT2D eigenvalue weighted by Crippen LogP contribution is -2.33. The number of rotatable bonds is 5. The average Bonchev–Trinajstić information content (AvgIpc) is 2.97. The van der Waals surface area contributed by atoms with E-state index in [0.717, 1.165) is 43.8 Å². The Balaban J connectivity index is 2.22. The summed E-state index contributed by atoms with van der Waals surface area (Å²) in [6.45, 7) is 4.64. The fourth-order valence-corrected chi connectivity index (χ4v) is 2.45. The molecule has 0 aliphatic carbocycles. The summed E-state index contributed by atoms with van der Waals surface area (Å²) < 4.78 is 5.68. The minimum atomic E-state index is 0.140. The quantitative estimate of drug-likeness (QED) is 0.368. The van der Waals surface area contributed by atoms with Crippen LogP contribution in [0.15, 0.2) is 29.4 Å². The number of benzene rings is 1. The Morgan fingerprint density at radius 2 is 2.32 bits per heavy atom. The van der Waals surface area contributed by atoms with E-state index >= 15 is 0 Å². The van der Waals surface area contributed by atoms with Gasteiger partial charge >= 0.3 is 0 Å². The van der Waals surface area contributed by atoms with Gasteiger partial charge in [-0.25, -0.2) is 0 Å². The number of oxime groups is 1. The monoisotopic (exact) mass is 263 g/mol. The van der Waals surface area contributed by atoms with Crippen LogP contribution in [0, 0.1) is 0 Å². The molecule has 1 heterocycles. The van der Waals surface area contributed by atoms with E-state index in [-0.39, 0.29) is 11.9 Å². The molecule has 1 atom stereocenters. The van der Waals surface area contributed by atoms with Crippen LogP contribution in [0.2, 0.25) is 0 Å². The highest BCUT2D eigenvalue weighted by Gasteiger charge is 2.20. The smallest absolute Gasteiger partial charge is 0.172 e. The van der Waals surface area contributed by atoms with E-state index in [1.165, 1.54) is 0 Å². The molecule has 1 saturated heterocycles. The van der Waals surface area contributed by atoms with Crippen LogP contribution in [0.3, 0.4) is 0 Å². The number of hydrogen-bond acceptors (Lipinski definition) is 4. The maximum absolute atomic E-state index is 8.87. The molecule has 5 nitrogen and oxygen atoms in total. The number of anilines is 1. The molecular weight excluding hydrogens is 242 g/mol. The summed E-state index contributed by atoms with van der Waals surface area (Å²) in [5, 5.41) is 12.0. The molecule has 0 radical (unpaired) electrons. The summed E-state index contributed by atoms with van der Waals surface area (Å²) in [5.74, 6) is 0.140. The average molecular weight is 263 g/mol. The number of nitrogens with two attached hydrogens (primary N) is 1. The summed E-state index contributed by atoms with van der Waals surface area (Å²) in [7, 11) is 0. The highest BCUT2D eigenvalue weighted by atomic mass is 16.5. The fourth-order valence-electron chi connectivity index (χ4n) is 2.45. The van der Waals surface area contributed by atoms with Crippen LogP contribution in [0.25, 0.3) is 0 Å². The van der Waals surface area contributed by atoms with E-state index in [1.54, 1.807) is 0 Å². The molecule has 2 rings (SSSR count). The van der Waals surface area contributed by atoms with Gasteiger partial charge in [-0.15, -0.1) is 0 Å². The van der Waals surface area contributed by atoms with E-state index in [2.05, 4.69) is 17.0 Å². The lowest BCUT2D eigenvalue weighted by atomic mass is 10.1. The van der Waals surface area contributed by atoms with Crippen LogP contribution < -0.4 is 10.6 Å². The van der Waals surface area contributed by atoms with Crippen molar-refractivity contribution in [3.05, 3.63) is 29.8 Å². The van der Waals surface area contributed by atoms with E-state index in [0.29, 0.717) is 0 Å². The van der Waals surface area contributed by atoms with Gasteiger partial charge in [-0.2, -0.15) is 0 Å². The highest BCUT2D eigenvalue weighted by molar-refractivity contribution is 6.02. The van der Waals surface area contributed by atoms with Crippen LogP contribution in [-0.4, -0.2) is 36.8 Å². The first kappa shape index (κ1) is 13.7. The van der Waals surface area contributed by atoms with Crippen molar-refractivity contribution in [2.75, 3.05) is 24.6 Å². The number of ether oxygens (including phenoxy) is 1. The standard InChI is InChI=1S/C14H21N3O2/c1-2-17(10-11-6-5-9-19-11)13-8-4-3-7-12(13)14(15)16-18/h3-4,7-8,11,18H,2,5-6,9-10H2,1H3,(H2,15,16). The molecule has 1 aromatic carbocycles. The molecule has 0 amide bonds. The van der Waals surface area contributed by atoms with Crippen molar-refractivity contribution in [3.8, 4) is 0 Å². The maximum atomic E-state index is 8.87. The van der Waals surface area contributed by atoms with Gasteiger partial charge in [-0.3, -0.25) is 0 Å². The molecule has 1 fully saturated rings. The summed E-state index contributed by atoms with van der Waals surface area (Å²) in [6.07, 6.45) is 2.51. The lowest BCUT2D eigenvalue weighted by Gasteiger charge is -2.27. The first-order valence-corrected chi connectivity index (χ1v) is 6.69. The van der Waals surface area contributed by atoms with Gasteiger partial charge in [0.25, 0.3) is 0 Å². The van der Waals surface area contributed by atoms with Gasteiger partial charge in [0.15, 0.2) is 5.84 Å². The third-order valence-electron chi connectivity index (χ3n) is 3.46. The highest BCUT2D eigenvalue weighted by Crippen LogP contribution is 2.23. The van der Waals surface area contributed by atoms with Crippen LogP contribution in [0.1, 0.15) is 25.3 Å². The third kappa shape index (κ3) is 3.17. The van der Waals surface area contributed by atoms with E-state index in [9.17, 15) is 0 Å². The van der Waals surface area contributed by atoms with Crippen molar-refractivity contribution >= 4 is 11.5 Å². The Hall–Kier alpha value is -1.75. The lowest BCUT2D eigenvalue weighted by molar-refractivity contribution is 0.115. The number of hydrogen-bond donors (Lipinski definition) is 2. The number of likely N-dealkylation sites (N-methyl/N-ethyl adjacent to an activating group) is 1. The first-order chi connectivity index (χ1) is 9.26. The van der Waals surface area contributed by atoms with Crippen LogP contribution in [0.5, 0.6) is 0 Å². The van der Waals surface area contributed by atoms with Crippen molar-refractivity contribution < 1.29 is 9.94 Å². The van der Waals surface area contributed by atoms with Gasteiger partial charge in [0.05, 0.1) is 6.10 Å². The molecule has 5 heteroatoms. The minimum Gasteiger partial charge on any atom is -0.409 e. The van der Waals surface area contributed by atoms with Gasteiger partial charge in [-0.05, 0) is 31.9 Å². The molecule has 19 heavy (non-hydrogen) atoms. The second-order valence-electron chi connectivity index (χ2n) is 4.68. The maximum Gasteiger partial charge on any atom is 0.172 e. The zero-order chi connectivity index (χ0) is 13.7. The summed E-state index contributed by atoms with van der Waals surface area (Å²) >= 11 is 0. The van der Waals surface area contributed by atoms with Crippen molar-refractivity contribution in [3.63, 3.8) is 0 Å². The molecule has 0 aromatic heterocycles. The number of nitrogens with zero attached hydrogens (tertiary/aromatic N) is 2. The first-order valence-electron chi connectivity index (χ1n) is 6.69. The van der Waals surface area contributed by atoms with Crippen LogP contribution in [0.4, 0.5) is 5.69 Å². The van der Waals surface area contributed by atoms with E-state index < -0.39 is 0 Å². The molecule has 1 aliphatic rings. The molecule has 3 N–H and O–H groups in total. The second-order valence-corrected chi connectivity index (χ2v) is 4.68. The largest absolute Gasteiger partial charge is 0.409 e. The number of amidine groups is 1. The van der Waals surface area contributed by atoms with E-state index in [4.69, 9.17) is 15.7 Å². The van der Waals surface area contributed by atoms with Crippen molar-refractivity contribution in [1.29, 1.82) is 0 Å². The predicted molar refractivity (Wildman–Crippen MR) is 75.8 cm³/mol. The molecule has 1 aliphatic heterocycles. The Morgan fingerprint density at radius 3 is 2.95 bits per heavy atom. The van der Waals surface area contributed by atoms with Crippen molar-refractivity contribution in [2.45, 2.75) is 25.9 Å². The molecule has 1 aromatic rings. The van der Waals surface area contributed by atoms with Gasteiger partial charge < -0.3 is 20.6 Å². The molecule has 1 unspecified atom stereocenters. The van der Waals surface area contributed by atoms with Crippen molar-refractivity contribution in [1.82, 2.24) is 0 Å². The predicted octanol–water partition coefficient (Wildman–Crippen LogP) is 1.79. The fraction of sp³-hybridized carbons (Fsp3) is 0.500. The Morgan fingerprint density at radius 1 is 1.53 bits per heavy atom. The zero-order valence-corrected chi connectivity index (χ0v) is 11.2. The zero-order valence-electron chi connectivity index (χ0n) is 11.2. The van der Waals surface area contributed by atoms with Gasteiger partial charge in [0.1, 0.15) is 0 Å². The SMILES string of the molecule is CCN(CC1CCCO1)c1ccccc1C(N)=NO. The van der Waals surface area contributed by atoms with Crippen LogP contribution >= 0.6 is 0 Å². The third-order valence-corrected chi connectivity index (χ3v) is 3.46. The minimum absolute atomic E-state index is 0.140. The van der Waals surface area contributed by atoms with Gasteiger partial charge in [-0.1, -0.05) is 17.3 Å². The van der Waals surface area contributed by atoms with Gasteiger partial charge in [0.2, 0.25) is 0 Å². The normalized spacial score (nSPS) is 19.6. The summed E-state index contributed by atoms with van der Waals surface area (Å²) in [4.78, 5) is 2.21. The molecule has 0 spiro atoms. The number of para-hydroxylation sites is 1. The van der Waals surface area contributed by atoms with Crippen molar-refractivity contribution in [2.24, 2.45) is 10.9 Å². The Labute approximate surface area is 113 Å². The molecular formula is C14H21N3O2.